The predicted molar refractivity (Wildman–Crippen MR) is 146 cm³/mol. The Balaban J connectivity index is 1.87. The largest absolute Gasteiger partial charge is 0.497 e. The Morgan fingerprint density at radius 3 is 2.24 bits per heavy atom. The molecule has 2 amide bonds. The van der Waals surface area contributed by atoms with E-state index in [4.69, 9.17) is 21.1 Å². The smallest absolute Gasteiger partial charge is 0.249 e. The molecule has 0 atom stereocenters. The average Bonchev–Trinajstić information content (AvgIpc) is 2.86. The van der Waals surface area contributed by atoms with E-state index >= 15 is 0 Å². The molecule has 0 unspecified atom stereocenters. The summed E-state index contributed by atoms with van der Waals surface area (Å²) < 4.78 is 10.7. The molecule has 0 spiro atoms. The molecule has 196 valence electrons. The molecule has 0 saturated heterocycles. The summed E-state index contributed by atoms with van der Waals surface area (Å²) in [6.07, 6.45) is 0. The molecule has 37 heavy (non-hydrogen) atoms. The molecule has 2 aromatic carbocycles. The van der Waals surface area contributed by atoms with Gasteiger partial charge in [0.15, 0.2) is 5.16 Å². The van der Waals surface area contributed by atoms with Crippen LogP contribution in [0.2, 0.25) is 5.02 Å². The van der Waals surface area contributed by atoms with Gasteiger partial charge >= 0.3 is 0 Å². The van der Waals surface area contributed by atoms with Crippen LogP contribution in [-0.2, 0) is 16.1 Å². The molecule has 0 fully saturated rings. The average molecular weight is 543 g/mol. The standard InChI is InChI=1S/C27H31ClN4O4S/c1-17-13-18(2)30-26(29-17)37-16-24(33)32(15-19-7-9-20(28)10-8-19)27(3,4)25(34)31-22-12-11-21(35-5)14-23(22)36-6/h7-14H,15-16H2,1-6H3,(H,31,34). The summed E-state index contributed by atoms with van der Waals surface area (Å²) in [6, 6.07) is 14.2. The quantitative estimate of drug-likeness (QED) is 0.274. The van der Waals surface area contributed by atoms with Gasteiger partial charge in [0.2, 0.25) is 11.8 Å². The van der Waals surface area contributed by atoms with Crippen molar-refractivity contribution in [3.8, 4) is 11.5 Å². The number of benzene rings is 2. The van der Waals surface area contributed by atoms with Crippen molar-refractivity contribution in [2.75, 3.05) is 25.3 Å². The fraction of sp³-hybridized carbons (Fsp3) is 0.333. The number of amides is 2. The topological polar surface area (TPSA) is 93.7 Å². The van der Waals surface area contributed by atoms with E-state index in [1.54, 1.807) is 56.2 Å². The number of aromatic nitrogens is 2. The van der Waals surface area contributed by atoms with Gasteiger partial charge in [0, 0.05) is 29.0 Å². The molecular formula is C27H31ClN4O4S. The number of nitrogens with zero attached hydrogens (tertiary/aromatic N) is 3. The van der Waals surface area contributed by atoms with Gasteiger partial charge in [0.25, 0.3) is 0 Å². The van der Waals surface area contributed by atoms with E-state index in [-0.39, 0.29) is 24.1 Å². The lowest BCUT2D eigenvalue weighted by atomic mass is 9.99. The van der Waals surface area contributed by atoms with E-state index in [1.165, 1.54) is 18.9 Å². The number of aryl methyl sites for hydroxylation is 2. The van der Waals surface area contributed by atoms with Crippen LogP contribution in [0.25, 0.3) is 0 Å². The van der Waals surface area contributed by atoms with Crippen LogP contribution in [0, 0.1) is 13.8 Å². The maximum absolute atomic E-state index is 13.6. The fourth-order valence-electron chi connectivity index (χ4n) is 3.63. The summed E-state index contributed by atoms with van der Waals surface area (Å²) in [5, 5.41) is 4.01. The van der Waals surface area contributed by atoms with Crippen LogP contribution in [0.1, 0.15) is 30.8 Å². The second-order valence-corrected chi connectivity index (χ2v) is 10.3. The zero-order valence-corrected chi connectivity index (χ0v) is 23.4. The van der Waals surface area contributed by atoms with Gasteiger partial charge in [0.1, 0.15) is 17.0 Å². The highest BCUT2D eigenvalue weighted by molar-refractivity contribution is 7.99. The molecule has 8 nitrogen and oxygen atoms in total. The maximum atomic E-state index is 13.6. The molecule has 0 radical (unpaired) electrons. The summed E-state index contributed by atoms with van der Waals surface area (Å²) >= 11 is 7.29. The second kappa shape index (κ2) is 12.3. The Kier molecular flexibility index (Phi) is 9.39. The van der Waals surface area contributed by atoms with Gasteiger partial charge in [-0.15, -0.1) is 0 Å². The molecule has 0 aliphatic rings. The Labute approximate surface area is 226 Å². The van der Waals surface area contributed by atoms with Crippen LogP contribution in [0.3, 0.4) is 0 Å². The first kappa shape index (κ1) is 28.3. The zero-order valence-electron chi connectivity index (χ0n) is 21.8. The molecule has 1 heterocycles. The number of halogens is 1. The maximum Gasteiger partial charge on any atom is 0.249 e. The van der Waals surface area contributed by atoms with Crippen LogP contribution in [0.15, 0.2) is 53.7 Å². The Hall–Kier alpha value is -3.30. The van der Waals surface area contributed by atoms with E-state index in [0.29, 0.717) is 27.4 Å². The fourth-order valence-corrected chi connectivity index (χ4v) is 4.58. The normalized spacial score (nSPS) is 11.1. The molecule has 1 N–H and O–H groups in total. The van der Waals surface area contributed by atoms with Crippen molar-refractivity contribution < 1.29 is 19.1 Å². The van der Waals surface area contributed by atoms with Crippen molar-refractivity contribution in [1.29, 1.82) is 0 Å². The monoisotopic (exact) mass is 542 g/mol. The summed E-state index contributed by atoms with van der Waals surface area (Å²) in [7, 11) is 3.07. The summed E-state index contributed by atoms with van der Waals surface area (Å²) in [4.78, 5) is 37.5. The SMILES string of the molecule is COc1ccc(NC(=O)C(C)(C)N(Cc2ccc(Cl)cc2)C(=O)CSc2nc(C)cc(C)n2)c(OC)c1. The van der Waals surface area contributed by atoms with Crippen molar-refractivity contribution in [3.05, 3.63) is 70.5 Å². The van der Waals surface area contributed by atoms with Gasteiger partial charge in [-0.1, -0.05) is 35.5 Å². The number of ether oxygens (including phenoxy) is 2. The molecule has 1 aromatic heterocycles. The first-order valence-electron chi connectivity index (χ1n) is 11.6. The van der Waals surface area contributed by atoms with Crippen LogP contribution in [0.5, 0.6) is 11.5 Å². The highest BCUT2D eigenvalue weighted by Gasteiger charge is 2.38. The van der Waals surface area contributed by atoms with Gasteiger partial charge in [0.05, 0.1) is 25.7 Å². The molecular weight excluding hydrogens is 512 g/mol. The van der Waals surface area contributed by atoms with Gasteiger partial charge in [-0.2, -0.15) is 0 Å². The van der Waals surface area contributed by atoms with Crippen LogP contribution in [-0.4, -0.2) is 52.2 Å². The zero-order chi connectivity index (χ0) is 27.2. The van der Waals surface area contributed by atoms with Gasteiger partial charge in [-0.3, -0.25) is 9.59 Å². The number of carbonyl (C=O) groups is 2. The Bertz CT molecular complexity index is 1250. The second-order valence-electron chi connectivity index (χ2n) is 8.91. The number of anilines is 1. The van der Waals surface area contributed by atoms with E-state index in [0.717, 1.165) is 17.0 Å². The predicted octanol–water partition coefficient (Wildman–Crippen LogP) is 5.30. The number of hydrogen-bond acceptors (Lipinski definition) is 7. The third kappa shape index (κ3) is 7.36. The lowest BCUT2D eigenvalue weighted by Gasteiger charge is -2.37. The highest BCUT2D eigenvalue weighted by Crippen LogP contribution is 2.31. The van der Waals surface area contributed by atoms with Gasteiger partial charge < -0.3 is 19.7 Å². The van der Waals surface area contributed by atoms with Crippen molar-refractivity contribution in [1.82, 2.24) is 14.9 Å². The molecule has 10 heteroatoms. The van der Waals surface area contributed by atoms with Gasteiger partial charge in [-0.05, 0) is 63.6 Å². The number of thioether (sulfide) groups is 1. The van der Waals surface area contributed by atoms with Crippen molar-refractivity contribution in [2.45, 2.75) is 44.9 Å². The molecule has 0 aliphatic heterocycles. The van der Waals surface area contributed by atoms with Crippen LogP contribution in [0.4, 0.5) is 5.69 Å². The number of hydrogen-bond donors (Lipinski definition) is 1. The molecule has 3 aromatic rings. The Morgan fingerprint density at radius 1 is 1.00 bits per heavy atom. The van der Waals surface area contributed by atoms with Crippen molar-refractivity contribution >= 4 is 40.9 Å². The van der Waals surface area contributed by atoms with E-state index in [2.05, 4.69) is 15.3 Å². The van der Waals surface area contributed by atoms with Crippen LogP contribution < -0.4 is 14.8 Å². The van der Waals surface area contributed by atoms with E-state index < -0.39 is 5.54 Å². The van der Waals surface area contributed by atoms with Crippen molar-refractivity contribution in [2.24, 2.45) is 0 Å². The van der Waals surface area contributed by atoms with Crippen molar-refractivity contribution in [3.63, 3.8) is 0 Å². The molecule has 0 aliphatic carbocycles. The third-order valence-electron chi connectivity index (χ3n) is 5.73. The number of methoxy groups -OCH3 is 2. The molecule has 3 rings (SSSR count). The first-order valence-corrected chi connectivity index (χ1v) is 12.9. The lowest BCUT2D eigenvalue weighted by molar-refractivity contribution is -0.142. The highest BCUT2D eigenvalue weighted by atomic mass is 35.5. The third-order valence-corrected chi connectivity index (χ3v) is 6.81. The number of rotatable bonds is 10. The first-order chi connectivity index (χ1) is 17.5. The van der Waals surface area contributed by atoms with E-state index in [1.807, 2.05) is 32.0 Å². The number of nitrogens with one attached hydrogen (secondary N) is 1. The summed E-state index contributed by atoms with van der Waals surface area (Å²) in [6.45, 7) is 7.40. The van der Waals surface area contributed by atoms with Crippen LogP contribution >= 0.6 is 23.4 Å². The van der Waals surface area contributed by atoms with E-state index in [9.17, 15) is 9.59 Å². The molecule has 0 bridgehead atoms. The minimum absolute atomic E-state index is 0.0685. The Morgan fingerprint density at radius 2 is 1.65 bits per heavy atom. The number of carbonyl (C=O) groups excluding carboxylic acids is 2. The summed E-state index contributed by atoms with van der Waals surface area (Å²) in [5.74, 6) is 0.510. The van der Waals surface area contributed by atoms with Gasteiger partial charge in [-0.25, -0.2) is 9.97 Å². The summed E-state index contributed by atoms with van der Waals surface area (Å²) in [5.41, 5.74) is 1.75. The minimum Gasteiger partial charge on any atom is -0.497 e. The lowest BCUT2D eigenvalue weighted by Crippen LogP contribution is -2.55. The minimum atomic E-state index is -1.22. The molecule has 0 saturated carbocycles.